The van der Waals surface area contributed by atoms with Crippen LogP contribution in [0.25, 0.3) is 11.1 Å². The third kappa shape index (κ3) is 5.99. The van der Waals surface area contributed by atoms with E-state index in [9.17, 15) is 9.59 Å². The standard InChI is InChI=1S/C30H34O6/c1-3-5-19-33-29(31)35-25-17-15-21-11-7-9-13-23(21)27(25)28-24-14-10-8-12-22(24)16-18-26(28)36-30(32)34-20-6-4-2/h7-14H,3-6,15-20H2,1-2H3. The van der Waals surface area contributed by atoms with Crippen LogP contribution in [0, 0.1) is 0 Å². The fourth-order valence-corrected chi connectivity index (χ4v) is 4.62. The number of fused-ring (bicyclic) bond motifs is 2. The Morgan fingerprint density at radius 2 is 1.06 bits per heavy atom. The Morgan fingerprint density at radius 3 is 1.47 bits per heavy atom. The molecule has 0 bridgehead atoms. The molecule has 0 heterocycles. The molecule has 0 atom stereocenters. The monoisotopic (exact) mass is 490 g/mol. The van der Waals surface area contributed by atoms with Gasteiger partial charge in [-0.05, 0) is 47.9 Å². The molecule has 0 N–H and O–H groups in total. The summed E-state index contributed by atoms with van der Waals surface area (Å²) in [6.07, 6.45) is 4.54. The van der Waals surface area contributed by atoms with Gasteiger partial charge in [-0.25, -0.2) is 9.59 Å². The molecule has 2 aliphatic rings. The van der Waals surface area contributed by atoms with Crippen LogP contribution in [0.5, 0.6) is 0 Å². The molecule has 0 saturated heterocycles. The second-order valence-electron chi connectivity index (χ2n) is 9.02. The molecule has 0 saturated carbocycles. The van der Waals surface area contributed by atoms with Gasteiger partial charge in [0.25, 0.3) is 0 Å². The van der Waals surface area contributed by atoms with E-state index in [0.717, 1.165) is 71.9 Å². The normalized spacial score (nSPS) is 14.6. The first-order chi connectivity index (χ1) is 17.6. The maximum Gasteiger partial charge on any atom is 0.513 e. The van der Waals surface area contributed by atoms with Gasteiger partial charge in [-0.2, -0.15) is 0 Å². The number of hydrogen-bond acceptors (Lipinski definition) is 6. The van der Waals surface area contributed by atoms with Crippen molar-refractivity contribution >= 4 is 23.5 Å². The molecule has 0 aromatic heterocycles. The molecule has 0 spiro atoms. The van der Waals surface area contributed by atoms with E-state index in [1.54, 1.807) is 0 Å². The predicted molar refractivity (Wildman–Crippen MR) is 138 cm³/mol. The van der Waals surface area contributed by atoms with Crippen molar-refractivity contribution in [2.75, 3.05) is 13.2 Å². The van der Waals surface area contributed by atoms with Crippen LogP contribution in [0.3, 0.4) is 0 Å². The molecule has 4 rings (SSSR count). The number of rotatable bonds is 9. The van der Waals surface area contributed by atoms with E-state index in [1.807, 2.05) is 50.2 Å². The lowest BCUT2D eigenvalue weighted by molar-refractivity contribution is 0.0725. The zero-order chi connectivity index (χ0) is 25.3. The highest BCUT2D eigenvalue weighted by atomic mass is 16.7. The lowest BCUT2D eigenvalue weighted by Crippen LogP contribution is -2.18. The molecule has 0 fully saturated rings. The average Bonchev–Trinajstić information content (AvgIpc) is 2.89. The molecule has 6 nitrogen and oxygen atoms in total. The van der Waals surface area contributed by atoms with Gasteiger partial charge in [0.05, 0.1) is 13.2 Å². The summed E-state index contributed by atoms with van der Waals surface area (Å²) in [5.74, 6) is 1.06. The minimum absolute atomic E-state index is 0.317. The fourth-order valence-electron chi connectivity index (χ4n) is 4.62. The van der Waals surface area contributed by atoms with Gasteiger partial charge in [0, 0.05) is 24.0 Å². The van der Waals surface area contributed by atoms with Crippen molar-refractivity contribution in [2.24, 2.45) is 0 Å². The lowest BCUT2D eigenvalue weighted by Gasteiger charge is -2.29. The Kier molecular flexibility index (Phi) is 8.82. The zero-order valence-corrected chi connectivity index (χ0v) is 21.1. The van der Waals surface area contributed by atoms with Gasteiger partial charge in [-0.15, -0.1) is 0 Å². The van der Waals surface area contributed by atoms with Crippen molar-refractivity contribution < 1.29 is 28.5 Å². The molecule has 36 heavy (non-hydrogen) atoms. The molecule has 0 amide bonds. The Labute approximate surface area is 212 Å². The van der Waals surface area contributed by atoms with Crippen molar-refractivity contribution in [2.45, 2.75) is 65.2 Å². The first-order valence-corrected chi connectivity index (χ1v) is 12.9. The largest absolute Gasteiger partial charge is 0.513 e. The summed E-state index contributed by atoms with van der Waals surface area (Å²) in [5.41, 5.74) is 5.78. The number of carbonyl (C=O) groups excluding carboxylic acids is 2. The van der Waals surface area contributed by atoms with Gasteiger partial charge in [-0.1, -0.05) is 75.2 Å². The number of benzene rings is 2. The summed E-state index contributed by atoms with van der Waals surface area (Å²) >= 11 is 0. The van der Waals surface area contributed by atoms with Gasteiger partial charge < -0.3 is 18.9 Å². The summed E-state index contributed by atoms with van der Waals surface area (Å²) in [5, 5.41) is 0. The summed E-state index contributed by atoms with van der Waals surface area (Å²) in [6.45, 7) is 4.71. The lowest BCUT2D eigenvalue weighted by atomic mass is 9.78. The van der Waals surface area contributed by atoms with Crippen molar-refractivity contribution in [3.63, 3.8) is 0 Å². The molecular weight excluding hydrogens is 456 g/mol. The third-order valence-corrected chi connectivity index (χ3v) is 6.47. The third-order valence-electron chi connectivity index (χ3n) is 6.47. The van der Waals surface area contributed by atoms with E-state index in [2.05, 4.69) is 12.1 Å². The second kappa shape index (κ2) is 12.4. The van der Waals surface area contributed by atoms with Gasteiger partial charge in [0.2, 0.25) is 0 Å². The van der Waals surface area contributed by atoms with E-state index in [1.165, 1.54) is 0 Å². The highest BCUT2D eigenvalue weighted by molar-refractivity contribution is 6.09. The Hall–Kier alpha value is -3.54. The highest BCUT2D eigenvalue weighted by Gasteiger charge is 2.32. The molecule has 6 heteroatoms. The maximum atomic E-state index is 12.6. The first kappa shape index (κ1) is 25.5. The quantitative estimate of drug-likeness (QED) is 0.266. The van der Waals surface area contributed by atoms with Crippen LogP contribution in [0.1, 0.15) is 74.6 Å². The minimum Gasteiger partial charge on any atom is -0.434 e. The molecule has 190 valence electrons. The van der Waals surface area contributed by atoms with Crippen molar-refractivity contribution in [1.82, 2.24) is 0 Å². The van der Waals surface area contributed by atoms with Crippen LogP contribution in [0.15, 0.2) is 60.0 Å². The topological polar surface area (TPSA) is 71.1 Å². The van der Waals surface area contributed by atoms with Crippen LogP contribution in [0.4, 0.5) is 9.59 Å². The predicted octanol–water partition coefficient (Wildman–Crippen LogP) is 7.61. The van der Waals surface area contributed by atoms with E-state index in [4.69, 9.17) is 18.9 Å². The Morgan fingerprint density at radius 1 is 0.639 bits per heavy atom. The number of aryl methyl sites for hydroxylation is 2. The van der Waals surface area contributed by atoms with Crippen molar-refractivity contribution in [3.05, 3.63) is 82.3 Å². The summed E-state index contributed by atoms with van der Waals surface area (Å²) in [4.78, 5) is 25.2. The number of unbranched alkanes of at least 4 members (excludes halogenated alkanes) is 2. The summed E-state index contributed by atoms with van der Waals surface area (Å²) < 4.78 is 22.3. The molecule has 0 radical (unpaired) electrons. The number of carbonyl (C=O) groups is 2. The van der Waals surface area contributed by atoms with Crippen LogP contribution in [-0.2, 0) is 31.8 Å². The molecule has 0 unspecified atom stereocenters. The van der Waals surface area contributed by atoms with Gasteiger partial charge >= 0.3 is 12.3 Å². The maximum absolute atomic E-state index is 12.6. The SMILES string of the molecule is CCCCOC(=O)OC1=C(C2=C(OC(=O)OCCCC)CCc3ccccc32)c2ccccc2CC1. The molecule has 2 aliphatic carbocycles. The summed E-state index contributed by atoms with van der Waals surface area (Å²) in [7, 11) is 0. The van der Waals surface area contributed by atoms with Gasteiger partial charge in [0.15, 0.2) is 0 Å². The van der Waals surface area contributed by atoms with E-state index in [-0.39, 0.29) is 0 Å². The van der Waals surface area contributed by atoms with Crippen molar-refractivity contribution in [3.8, 4) is 0 Å². The second-order valence-corrected chi connectivity index (χ2v) is 9.02. The average molecular weight is 491 g/mol. The molecule has 2 aromatic rings. The van der Waals surface area contributed by atoms with Crippen LogP contribution < -0.4 is 0 Å². The number of allylic oxidation sites excluding steroid dienone is 4. The highest BCUT2D eigenvalue weighted by Crippen LogP contribution is 2.46. The zero-order valence-electron chi connectivity index (χ0n) is 21.1. The van der Waals surface area contributed by atoms with Crippen molar-refractivity contribution in [1.29, 1.82) is 0 Å². The van der Waals surface area contributed by atoms with Crippen LogP contribution in [0.2, 0.25) is 0 Å². The number of hydrogen-bond donors (Lipinski definition) is 0. The Bertz CT molecular complexity index is 1070. The molecular formula is C30H34O6. The van der Waals surface area contributed by atoms with Gasteiger partial charge in [0.1, 0.15) is 11.5 Å². The number of ether oxygens (including phenoxy) is 4. The minimum atomic E-state index is -0.707. The van der Waals surface area contributed by atoms with E-state index in [0.29, 0.717) is 37.6 Å². The molecule has 0 aliphatic heterocycles. The van der Waals surface area contributed by atoms with Crippen LogP contribution in [-0.4, -0.2) is 25.5 Å². The van der Waals surface area contributed by atoms with E-state index < -0.39 is 12.3 Å². The first-order valence-electron chi connectivity index (χ1n) is 12.9. The van der Waals surface area contributed by atoms with E-state index >= 15 is 0 Å². The summed E-state index contributed by atoms with van der Waals surface area (Å²) in [6, 6.07) is 16.2. The smallest absolute Gasteiger partial charge is 0.434 e. The van der Waals surface area contributed by atoms with Gasteiger partial charge in [-0.3, -0.25) is 0 Å². The Balaban J connectivity index is 1.80. The fraction of sp³-hybridized carbons (Fsp3) is 0.400. The molecule has 2 aromatic carbocycles. The van der Waals surface area contributed by atoms with Crippen LogP contribution >= 0.6 is 0 Å².